The predicted octanol–water partition coefficient (Wildman–Crippen LogP) is 4.06. The van der Waals surface area contributed by atoms with Crippen LogP contribution in [0, 0.1) is 0 Å². The summed E-state index contributed by atoms with van der Waals surface area (Å²) in [5.74, 6) is 1.43. The maximum Gasteiger partial charge on any atom is 0.180 e. The van der Waals surface area contributed by atoms with Gasteiger partial charge in [0.25, 0.3) is 0 Å². The van der Waals surface area contributed by atoms with Gasteiger partial charge in [0.2, 0.25) is 0 Å². The van der Waals surface area contributed by atoms with Crippen LogP contribution in [0.3, 0.4) is 0 Å². The molecule has 106 valence electrons. The Balaban J connectivity index is 2.17. The van der Waals surface area contributed by atoms with Crippen molar-refractivity contribution in [2.75, 3.05) is 12.4 Å². The molecule has 0 saturated heterocycles. The van der Waals surface area contributed by atoms with E-state index in [1.807, 2.05) is 43.4 Å². The molecule has 0 aliphatic carbocycles. The number of halogens is 1. The van der Waals surface area contributed by atoms with Crippen molar-refractivity contribution >= 4 is 32.7 Å². The zero-order valence-electron chi connectivity index (χ0n) is 11.9. The topological polar surface area (TPSA) is 50.7 Å². The van der Waals surface area contributed by atoms with Crippen molar-refractivity contribution in [3.63, 3.8) is 0 Å². The van der Waals surface area contributed by atoms with E-state index in [4.69, 9.17) is 0 Å². The summed E-state index contributed by atoms with van der Waals surface area (Å²) in [5.41, 5.74) is 2.71. The van der Waals surface area contributed by atoms with Crippen LogP contribution in [0.2, 0.25) is 0 Å². The lowest BCUT2D eigenvalue weighted by Gasteiger charge is -2.10. The van der Waals surface area contributed by atoms with Crippen molar-refractivity contribution < 1.29 is 0 Å². The largest absolute Gasteiger partial charge is 0.372 e. The second kappa shape index (κ2) is 5.77. The van der Waals surface area contributed by atoms with E-state index in [9.17, 15) is 0 Å². The maximum atomic E-state index is 4.66. The van der Waals surface area contributed by atoms with Gasteiger partial charge in [-0.15, -0.1) is 0 Å². The highest BCUT2D eigenvalue weighted by Crippen LogP contribution is 2.27. The molecule has 3 aromatic rings. The van der Waals surface area contributed by atoms with Gasteiger partial charge in [0.05, 0.1) is 15.7 Å². The average Bonchev–Trinajstić information content (AvgIpc) is 2.54. The second-order valence-corrected chi connectivity index (χ2v) is 5.44. The number of aromatic nitrogens is 3. The number of anilines is 1. The molecule has 4 nitrogen and oxygen atoms in total. The summed E-state index contributed by atoms with van der Waals surface area (Å²) < 4.78 is 0.914. The summed E-state index contributed by atoms with van der Waals surface area (Å²) in [6.07, 6.45) is 0.832. The van der Waals surface area contributed by atoms with Crippen LogP contribution < -0.4 is 5.32 Å². The molecule has 0 saturated carbocycles. The zero-order chi connectivity index (χ0) is 14.8. The van der Waals surface area contributed by atoms with Crippen LogP contribution in [0.1, 0.15) is 12.6 Å². The number of aryl methyl sites for hydroxylation is 1. The van der Waals surface area contributed by atoms with Crippen LogP contribution in [0.15, 0.2) is 40.9 Å². The molecule has 0 atom stereocenters. The van der Waals surface area contributed by atoms with Gasteiger partial charge in [-0.2, -0.15) is 0 Å². The van der Waals surface area contributed by atoms with Gasteiger partial charge in [0.15, 0.2) is 5.82 Å². The fraction of sp³-hybridized carbons (Fsp3) is 0.188. The van der Waals surface area contributed by atoms with Gasteiger partial charge in [0.1, 0.15) is 11.5 Å². The predicted molar refractivity (Wildman–Crippen MR) is 89.4 cm³/mol. The minimum absolute atomic E-state index is 0.644. The summed E-state index contributed by atoms with van der Waals surface area (Å²) in [6.45, 7) is 2.07. The van der Waals surface area contributed by atoms with E-state index in [1.54, 1.807) is 0 Å². The fourth-order valence-corrected chi connectivity index (χ4v) is 2.85. The van der Waals surface area contributed by atoms with Crippen LogP contribution >= 0.6 is 15.9 Å². The summed E-state index contributed by atoms with van der Waals surface area (Å²) >= 11 is 3.54. The van der Waals surface area contributed by atoms with E-state index >= 15 is 0 Å². The lowest BCUT2D eigenvalue weighted by molar-refractivity contribution is 0.986. The number of rotatable bonds is 3. The number of para-hydroxylation sites is 1. The molecule has 0 aliphatic heterocycles. The van der Waals surface area contributed by atoms with Gasteiger partial charge in [-0.3, -0.25) is 0 Å². The highest BCUT2D eigenvalue weighted by molar-refractivity contribution is 9.10. The second-order valence-electron chi connectivity index (χ2n) is 4.65. The van der Waals surface area contributed by atoms with Crippen molar-refractivity contribution in [1.82, 2.24) is 15.0 Å². The van der Waals surface area contributed by atoms with Crippen LogP contribution in [0.4, 0.5) is 5.82 Å². The third-order valence-electron chi connectivity index (χ3n) is 3.32. The molecule has 1 aromatic carbocycles. The van der Waals surface area contributed by atoms with Crippen LogP contribution in [-0.4, -0.2) is 22.0 Å². The standard InChI is InChI=1S/C16H15BrN4/c1-3-11-14(17)16(18-2)21-15(20-11)13-9-8-10-6-4-5-7-12(10)19-13/h4-9H,3H2,1-2H3,(H,18,20,21). The van der Waals surface area contributed by atoms with E-state index in [2.05, 4.69) is 43.1 Å². The molecule has 0 radical (unpaired) electrons. The lowest BCUT2D eigenvalue weighted by Crippen LogP contribution is -2.03. The molecule has 21 heavy (non-hydrogen) atoms. The molecule has 0 fully saturated rings. The first-order valence-electron chi connectivity index (χ1n) is 6.83. The molecule has 0 amide bonds. The van der Waals surface area contributed by atoms with Crippen molar-refractivity contribution in [3.8, 4) is 11.5 Å². The number of pyridine rings is 1. The van der Waals surface area contributed by atoms with E-state index < -0.39 is 0 Å². The highest BCUT2D eigenvalue weighted by atomic mass is 79.9. The Morgan fingerprint density at radius 3 is 2.62 bits per heavy atom. The minimum Gasteiger partial charge on any atom is -0.372 e. The molecule has 2 heterocycles. The molecule has 0 aliphatic rings. The smallest absolute Gasteiger partial charge is 0.180 e. The summed E-state index contributed by atoms with van der Waals surface area (Å²) in [7, 11) is 1.85. The van der Waals surface area contributed by atoms with Crippen molar-refractivity contribution in [2.24, 2.45) is 0 Å². The van der Waals surface area contributed by atoms with E-state index in [1.165, 1.54) is 0 Å². The SMILES string of the molecule is CCc1nc(-c2ccc3ccccc3n2)nc(NC)c1Br. The third-order valence-corrected chi connectivity index (χ3v) is 4.15. The Morgan fingerprint density at radius 2 is 1.86 bits per heavy atom. The Morgan fingerprint density at radius 1 is 1.05 bits per heavy atom. The van der Waals surface area contributed by atoms with E-state index in [-0.39, 0.29) is 0 Å². The fourth-order valence-electron chi connectivity index (χ4n) is 2.20. The maximum absolute atomic E-state index is 4.66. The van der Waals surface area contributed by atoms with Gasteiger partial charge in [-0.1, -0.05) is 31.2 Å². The normalized spacial score (nSPS) is 10.8. The minimum atomic E-state index is 0.644. The first kappa shape index (κ1) is 13.9. The first-order valence-corrected chi connectivity index (χ1v) is 7.62. The van der Waals surface area contributed by atoms with E-state index in [0.717, 1.165) is 39.0 Å². The molecule has 3 rings (SSSR count). The Kier molecular flexibility index (Phi) is 3.84. The van der Waals surface area contributed by atoms with Gasteiger partial charge in [-0.25, -0.2) is 15.0 Å². The van der Waals surface area contributed by atoms with Crippen LogP contribution in [-0.2, 0) is 6.42 Å². The number of benzene rings is 1. The Bertz CT molecular complexity index is 776. The molecular formula is C16H15BrN4. The molecular weight excluding hydrogens is 328 g/mol. The molecule has 5 heteroatoms. The number of fused-ring (bicyclic) bond motifs is 1. The molecule has 0 spiro atoms. The summed E-state index contributed by atoms with van der Waals surface area (Å²) in [6, 6.07) is 12.0. The van der Waals surface area contributed by atoms with Gasteiger partial charge >= 0.3 is 0 Å². The Hall–Kier alpha value is -2.01. The van der Waals surface area contributed by atoms with Crippen LogP contribution in [0.25, 0.3) is 22.4 Å². The van der Waals surface area contributed by atoms with Crippen molar-refractivity contribution in [2.45, 2.75) is 13.3 Å². The first-order chi connectivity index (χ1) is 10.2. The van der Waals surface area contributed by atoms with Crippen molar-refractivity contribution in [1.29, 1.82) is 0 Å². The van der Waals surface area contributed by atoms with Gasteiger partial charge in [-0.05, 0) is 34.5 Å². The van der Waals surface area contributed by atoms with Gasteiger partial charge < -0.3 is 5.32 Å². The molecule has 0 bridgehead atoms. The monoisotopic (exact) mass is 342 g/mol. The van der Waals surface area contributed by atoms with Gasteiger partial charge in [0, 0.05) is 12.4 Å². The van der Waals surface area contributed by atoms with Crippen molar-refractivity contribution in [3.05, 3.63) is 46.6 Å². The van der Waals surface area contributed by atoms with Crippen LogP contribution in [0.5, 0.6) is 0 Å². The molecule has 2 aromatic heterocycles. The molecule has 1 N–H and O–H groups in total. The zero-order valence-corrected chi connectivity index (χ0v) is 13.5. The summed E-state index contributed by atoms with van der Waals surface area (Å²) in [4.78, 5) is 13.8. The number of hydrogen-bond donors (Lipinski definition) is 1. The number of hydrogen-bond acceptors (Lipinski definition) is 4. The highest BCUT2D eigenvalue weighted by Gasteiger charge is 2.12. The number of nitrogens with zero attached hydrogens (tertiary/aromatic N) is 3. The summed E-state index contributed by atoms with van der Waals surface area (Å²) in [5, 5.41) is 4.21. The third kappa shape index (κ3) is 2.61. The average molecular weight is 343 g/mol. The Labute approximate surface area is 131 Å². The quantitative estimate of drug-likeness (QED) is 0.779. The lowest BCUT2D eigenvalue weighted by atomic mass is 10.2. The number of nitrogens with one attached hydrogen (secondary N) is 1. The van der Waals surface area contributed by atoms with E-state index in [0.29, 0.717) is 5.82 Å². The molecule has 0 unspecified atom stereocenters.